The van der Waals surface area contributed by atoms with Crippen LogP contribution in [0.3, 0.4) is 0 Å². The van der Waals surface area contributed by atoms with Crippen molar-refractivity contribution in [1.82, 2.24) is 15.5 Å². The molecule has 0 unspecified atom stereocenters. The Bertz CT molecular complexity index is 1340. The molecule has 228 valence electrons. The molecule has 0 saturated carbocycles. The van der Waals surface area contributed by atoms with Gasteiger partial charge in [0, 0.05) is 35.8 Å². The van der Waals surface area contributed by atoms with Crippen LogP contribution in [0.15, 0.2) is 36.4 Å². The average molecular weight is 617 g/mol. The van der Waals surface area contributed by atoms with Crippen molar-refractivity contribution in [3.05, 3.63) is 63.9 Å². The summed E-state index contributed by atoms with van der Waals surface area (Å²) in [5, 5.41) is 9.74. The Kier molecular flexibility index (Phi) is 8.90. The van der Waals surface area contributed by atoms with E-state index >= 15 is 0 Å². The summed E-state index contributed by atoms with van der Waals surface area (Å²) in [7, 11) is -1.92. The fourth-order valence-electron chi connectivity index (χ4n) is 5.80. The molecule has 2 aromatic carbocycles. The van der Waals surface area contributed by atoms with Crippen molar-refractivity contribution in [2.75, 3.05) is 25.0 Å². The maximum Gasteiger partial charge on any atom is 0.315 e. The molecule has 3 heterocycles. The Balaban J connectivity index is 1.13. The summed E-state index contributed by atoms with van der Waals surface area (Å²) in [5.74, 6) is -0.619. The van der Waals surface area contributed by atoms with Gasteiger partial charge in [-0.25, -0.2) is 9.18 Å². The lowest BCUT2D eigenvalue weighted by Crippen LogP contribution is -2.54. The number of amides is 3. The molecule has 3 aliphatic heterocycles. The van der Waals surface area contributed by atoms with Crippen molar-refractivity contribution in [3.8, 4) is 0 Å². The molecule has 0 radical (unpaired) electrons. The second-order valence-corrected chi connectivity index (χ2v) is 18.3. The van der Waals surface area contributed by atoms with E-state index in [0.29, 0.717) is 36.7 Å². The fraction of sp³-hybridized carbons (Fsp3) is 0.548. The highest BCUT2D eigenvalue weighted by Gasteiger charge is 2.44. The summed E-state index contributed by atoms with van der Waals surface area (Å²) in [6.45, 7) is 12.5. The molecule has 5 rings (SSSR count). The van der Waals surface area contributed by atoms with E-state index in [4.69, 9.17) is 20.8 Å². The van der Waals surface area contributed by atoms with E-state index in [2.05, 4.69) is 55.9 Å². The van der Waals surface area contributed by atoms with Crippen molar-refractivity contribution in [2.45, 2.75) is 89.0 Å². The third kappa shape index (κ3) is 6.61. The van der Waals surface area contributed by atoms with Crippen LogP contribution in [0.2, 0.25) is 23.2 Å². The van der Waals surface area contributed by atoms with Gasteiger partial charge in [-0.3, -0.25) is 4.79 Å². The van der Waals surface area contributed by atoms with Crippen LogP contribution in [-0.2, 0) is 20.5 Å². The highest BCUT2D eigenvalue weighted by molar-refractivity contribution is 6.74. The highest BCUT2D eigenvalue weighted by atomic mass is 35.5. The number of ether oxygens (including phenoxy) is 1. The van der Waals surface area contributed by atoms with Gasteiger partial charge in [-0.15, -0.1) is 0 Å². The Morgan fingerprint density at radius 1 is 1.17 bits per heavy atom. The zero-order valence-corrected chi connectivity index (χ0v) is 26.8. The first-order chi connectivity index (χ1) is 19.8. The van der Waals surface area contributed by atoms with Gasteiger partial charge < -0.3 is 30.0 Å². The van der Waals surface area contributed by atoms with Gasteiger partial charge in [0.25, 0.3) is 0 Å². The van der Waals surface area contributed by atoms with Gasteiger partial charge in [-0.05, 0) is 72.4 Å². The van der Waals surface area contributed by atoms with Crippen LogP contribution in [0.4, 0.5) is 14.9 Å². The molecule has 11 heteroatoms. The van der Waals surface area contributed by atoms with E-state index in [9.17, 15) is 14.0 Å². The maximum absolute atomic E-state index is 13.8. The molecule has 8 nitrogen and oxygen atoms in total. The quantitative estimate of drug-likeness (QED) is 0.318. The summed E-state index contributed by atoms with van der Waals surface area (Å²) >= 11 is 6.29. The molecular formula is C31H42ClFN4O4Si. The first kappa shape index (κ1) is 30.8. The summed E-state index contributed by atoms with van der Waals surface area (Å²) in [4.78, 5) is 27.2. The van der Waals surface area contributed by atoms with E-state index in [0.717, 1.165) is 29.7 Å². The molecule has 4 atom stereocenters. The molecule has 2 fully saturated rings. The van der Waals surface area contributed by atoms with Gasteiger partial charge in [-0.1, -0.05) is 38.4 Å². The van der Waals surface area contributed by atoms with Crippen molar-refractivity contribution in [3.63, 3.8) is 0 Å². The van der Waals surface area contributed by atoms with Crippen LogP contribution < -0.4 is 16.0 Å². The number of likely N-dealkylation sites (tertiary alicyclic amines) is 1. The zero-order valence-electron chi connectivity index (χ0n) is 25.1. The molecule has 0 aromatic heterocycles. The van der Waals surface area contributed by atoms with Crippen molar-refractivity contribution < 1.29 is 23.1 Å². The number of benzene rings is 2. The average Bonchev–Trinajstić information content (AvgIpc) is 3.43. The van der Waals surface area contributed by atoms with Gasteiger partial charge in [0.2, 0.25) is 5.91 Å². The lowest BCUT2D eigenvalue weighted by molar-refractivity contribution is -0.131. The molecule has 0 spiro atoms. The molecule has 3 N–H and O–H groups in total. The number of hydrogen-bond acceptors (Lipinski definition) is 5. The summed E-state index contributed by atoms with van der Waals surface area (Å²) < 4.78 is 26.8. The minimum atomic E-state index is -1.92. The van der Waals surface area contributed by atoms with Crippen molar-refractivity contribution in [1.29, 1.82) is 0 Å². The number of nitrogens with zero attached hydrogens (tertiary/aromatic N) is 1. The largest absolute Gasteiger partial charge is 0.409 e. The number of urea groups is 1. The number of carbonyl (C=O) groups excluding carboxylic acids is 2. The second-order valence-electron chi connectivity index (χ2n) is 13.1. The van der Waals surface area contributed by atoms with Gasteiger partial charge in [0.05, 0.1) is 37.4 Å². The summed E-state index contributed by atoms with van der Waals surface area (Å²) in [6, 6.07) is 9.76. The monoisotopic (exact) mass is 616 g/mol. The number of fused-ring (bicyclic) bond motifs is 4. The molecule has 2 saturated heterocycles. The molecule has 3 aliphatic rings. The predicted octanol–water partition coefficient (Wildman–Crippen LogP) is 6.29. The van der Waals surface area contributed by atoms with Gasteiger partial charge >= 0.3 is 6.03 Å². The van der Waals surface area contributed by atoms with Gasteiger partial charge in [-0.2, -0.15) is 0 Å². The van der Waals surface area contributed by atoms with Crippen LogP contribution in [0, 0.1) is 5.82 Å². The highest BCUT2D eigenvalue weighted by Crippen LogP contribution is 2.43. The summed E-state index contributed by atoms with van der Waals surface area (Å²) in [5.41, 5.74) is 3.67. The smallest absolute Gasteiger partial charge is 0.315 e. The van der Waals surface area contributed by atoms with E-state index in [1.165, 1.54) is 18.2 Å². The second kappa shape index (κ2) is 12.1. The Hall–Kier alpha value is -2.66. The van der Waals surface area contributed by atoms with E-state index < -0.39 is 14.3 Å². The molecule has 2 bridgehead atoms. The number of nitrogens with one attached hydrogen (secondary N) is 3. The number of hydrogen-bond donors (Lipinski definition) is 3. The third-order valence-electron chi connectivity index (χ3n) is 9.18. The van der Waals surface area contributed by atoms with Crippen LogP contribution in [0.5, 0.6) is 0 Å². The maximum atomic E-state index is 13.8. The minimum absolute atomic E-state index is 0.0167. The summed E-state index contributed by atoms with van der Waals surface area (Å²) in [6.07, 6.45) is 2.33. The van der Waals surface area contributed by atoms with Crippen molar-refractivity contribution >= 4 is 37.5 Å². The number of rotatable bonds is 7. The molecule has 42 heavy (non-hydrogen) atoms. The predicted molar refractivity (Wildman–Crippen MR) is 165 cm³/mol. The van der Waals surface area contributed by atoms with E-state index in [-0.39, 0.29) is 47.6 Å². The van der Waals surface area contributed by atoms with Crippen LogP contribution >= 0.6 is 11.6 Å². The number of anilines is 1. The standard InChI is InChI=1S/C31H42ClFN4O4Si/c1-31(2,3)42(4,5)41-28-18-40-27-15-25(28)36-24-11-8-19(13-22(24)27)16-34-30(39)35-17-29(38)37-12-6-7-26(37)21-14-20(33)9-10-23(21)32/h8-11,13-14,25-28,36H,6-7,12,15-18H2,1-5H3,(H2,34,35,39)/t25-,26-,27-,28-/m1/s1. The topological polar surface area (TPSA) is 91.9 Å². The Morgan fingerprint density at radius 2 is 1.95 bits per heavy atom. The van der Waals surface area contributed by atoms with Crippen molar-refractivity contribution in [2.24, 2.45) is 0 Å². The van der Waals surface area contributed by atoms with Crippen LogP contribution in [0.25, 0.3) is 0 Å². The fourth-order valence-corrected chi connectivity index (χ4v) is 7.38. The molecular weight excluding hydrogens is 575 g/mol. The molecule has 3 amide bonds. The minimum Gasteiger partial charge on any atom is -0.409 e. The van der Waals surface area contributed by atoms with Gasteiger partial charge in [0.15, 0.2) is 8.32 Å². The lowest BCUT2D eigenvalue weighted by Gasteiger charge is -2.47. The van der Waals surface area contributed by atoms with E-state index in [1.54, 1.807) is 4.90 Å². The van der Waals surface area contributed by atoms with Crippen LogP contribution in [-0.4, -0.2) is 57.0 Å². The van der Waals surface area contributed by atoms with Crippen LogP contribution in [0.1, 0.15) is 68.9 Å². The van der Waals surface area contributed by atoms with E-state index in [1.807, 2.05) is 12.1 Å². The Labute approximate surface area is 253 Å². The SMILES string of the molecule is CC(C)(C)[Si](C)(C)O[C@@H]1CO[C@@H]2C[C@H]1Nc1ccc(CNC(=O)NCC(=O)N3CCC[C@@H]3c3cc(F)ccc3Cl)cc12. The lowest BCUT2D eigenvalue weighted by atomic mass is 9.89. The van der Waals surface area contributed by atoms with Gasteiger partial charge in [0.1, 0.15) is 5.82 Å². The first-order valence-electron chi connectivity index (χ1n) is 14.8. The molecule has 2 aromatic rings. The molecule has 0 aliphatic carbocycles. The zero-order chi connectivity index (χ0) is 30.2. The number of halogens is 2. The first-order valence-corrected chi connectivity index (χ1v) is 18.1. The normalized spacial score (nSPS) is 23.6. The Morgan fingerprint density at radius 3 is 2.71 bits per heavy atom. The number of carbonyl (C=O) groups is 2. The third-order valence-corrected chi connectivity index (χ3v) is 14.0.